The smallest absolute Gasteiger partial charge is 0.247 e. The van der Waals surface area contributed by atoms with Crippen LogP contribution in [0.1, 0.15) is 17.5 Å². The molecule has 104 valence electrons. The first-order valence-electron chi connectivity index (χ1n) is 6.74. The summed E-state index contributed by atoms with van der Waals surface area (Å²) in [5.74, 6) is -0.0000231. The summed E-state index contributed by atoms with van der Waals surface area (Å²) in [5.41, 5.74) is 3.41. The molecule has 0 radical (unpaired) electrons. The molecular weight excluding hydrogens is 240 g/mol. The number of carbonyl (C=O) groups is 1. The quantitative estimate of drug-likeness (QED) is 0.874. The third kappa shape index (κ3) is 2.73. The molecule has 2 rings (SSSR count). The molecule has 1 amide bonds. The molecule has 1 aliphatic heterocycles. The molecule has 1 aromatic rings. The monoisotopic (exact) mass is 262 g/mol. The Morgan fingerprint density at radius 3 is 2.68 bits per heavy atom. The molecule has 1 unspecified atom stereocenters. The van der Waals surface area contributed by atoms with Gasteiger partial charge in [0.1, 0.15) is 6.04 Å². The van der Waals surface area contributed by atoms with Gasteiger partial charge in [-0.3, -0.25) is 4.79 Å². The predicted octanol–water partition coefficient (Wildman–Crippen LogP) is 1.33. The number of nitrogens with zero attached hydrogens (tertiary/aromatic N) is 2. The van der Waals surface area contributed by atoms with Gasteiger partial charge in [0, 0.05) is 25.8 Å². The number of rotatable bonds is 2. The second-order valence-corrected chi connectivity index (χ2v) is 5.30. The summed E-state index contributed by atoms with van der Waals surface area (Å²) < 4.78 is 0. The van der Waals surface area contributed by atoms with Gasteiger partial charge in [0.15, 0.2) is 0 Å². The zero-order valence-electron chi connectivity index (χ0n) is 11.9. The third-order valence-electron chi connectivity index (χ3n) is 3.76. The van der Waals surface area contributed by atoms with E-state index in [1.807, 2.05) is 11.0 Å². The average molecular weight is 262 g/mol. The molecule has 19 heavy (non-hydrogen) atoms. The molecule has 1 fully saturated rings. The van der Waals surface area contributed by atoms with E-state index in [1.165, 1.54) is 5.56 Å². The zero-order chi connectivity index (χ0) is 14.0. The van der Waals surface area contributed by atoms with Gasteiger partial charge in [-0.2, -0.15) is 0 Å². The Hall–Kier alpha value is -1.55. The van der Waals surface area contributed by atoms with E-state index in [0.717, 1.165) is 30.8 Å². The van der Waals surface area contributed by atoms with E-state index >= 15 is 0 Å². The van der Waals surface area contributed by atoms with E-state index in [-0.39, 0.29) is 12.5 Å². The maximum atomic E-state index is 12.3. The van der Waals surface area contributed by atoms with Gasteiger partial charge in [-0.1, -0.05) is 17.7 Å². The Kier molecular flexibility index (Phi) is 4.10. The SMILES string of the molecule is Cc1ccc(N2CCCN(C)C(=O)C2CO)c(C)c1. The molecule has 4 nitrogen and oxygen atoms in total. The largest absolute Gasteiger partial charge is 0.394 e. The molecule has 1 aromatic carbocycles. The molecule has 0 aliphatic carbocycles. The van der Waals surface area contributed by atoms with Crippen molar-refractivity contribution in [2.24, 2.45) is 0 Å². The Labute approximate surface area is 114 Å². The molecule has 1 N–H and O–H groups in total. The van der Waals surface area contributed by atoms with E-state index in [4.69, 9.17) is 0 Å². The van der Waals surface area contributed by atoms with Gasteiger partial charge in [-0.05, 0) is 31.9 Å². The molecule has 1 saturated heterocycles. The minimum absolute atomic E-state index is 0.0000231. The van der Waals surface area contributed by atoms with Gasteiger partial charge in [0.05, 0.1) is 6.61 Å². The van der Waals surface area contributed by atoms with Crippen LogP contribution in [0.25, 0.3) is 0 Å². The van der Waals surface area contributed by atoms with Crippen molar-refractivity contribution >= 4 is 11.6 Å². The van der Waals surface area contributed by atoms with Crippen molar-refractivity contribution in [3.63, 3.8) is 0 Å². The third-order valence-corrected chi connectivity index (χ3v) is 3.76. The highest BCUT2D eigenvalue weighted by molar-refractivity contribution is 5.86. The Bertz CT molecular complexity index is 473. The van der Waals surface area contributed by atoms with E-state index < -0.39 is 6.04 Å². The van der Waals surface area contributed by atoms with E-state index in [1.54, 1.807) is 11.9 Å². The molecule has 1 heterocycles. The van der Waals surface area contributed by atoms with Gasteiger partial charge >= 0.3 is 0 Å². The first-order chi connectivity index (χ1) is 9.04. The lowest BCUT2D eigenvalue weighted by Crippen LogP contribution is -2.47. The van der Waals surface area contributed by atoms with E-state index in [0.29, 0.717) is 0 Å². The normalized spacial score (nSPS) is 20.6. The van der Waals surface area contributed by atoms with Crippen LogP contribution in [0.3, 0.4) is 0 Å². The zero-order valence-corrected chi connectivity index (χ0v) is 11.9. The first kappa shape index (κ1) is 13.9. The summed E-state index contributed by atoms with van der Waals surface area (Å²) in [6, 6.07) is 5.75. The van der Waals surface area contributed by atoms with Crippen LogP contribution >= 0.6 is 0 Å². The first-order valence-corrected chi connectivity index (χ1v) is 6.74. The number of anilines is 1. The fourth-order valence-corrected chi connectivity index (χ4v) is 2.72. The standard InChI is InChI=1S/C15H22N2O2/c1-11-5-6-13(12(2)9-11)17-8-4-7-16(3)15(19)14(17)10-18/h5-6,9,14,18H,4,7-8,10H2,1-3H3. The van der Waals surface area contributed by atoms with Crippen LogP contribution < -0.4 is 4.90 Å². The predicted molar refractivity (Wildman–Crippen MR) is 76.4 cm³/mol. The van der Waals surface area contributed by atoms with Crippen molar-refractivity contribution in [2.75, 3.05) is 31.6 Å². The average Bonchev–Trinajstić information content (AvgIpc) is 2.50. The van der Waals surface area contributed by atoms with Crippen molar-refractivity contribution in [3.05, 3.63) is 29.3 Å². The van der Waals surface area contributed by atoms with Crippen LogP contribution in [0, 0.1) is 13.8 Å². The minimum atomic E-state index is -0.464. The molecule has 1 atom stereocenters. The van der Waals surface area contributed by atoms with Gasteiger partial charge in [-0.25, -0.2) is 0 Å². The summed E-state index contributed by atoms with van der Waals surface area (Å²) in [6.45, 7) is 5.51. The molecular formula is C15H22N2O2. The maximum Gasteiger partial charge on any atom is 0.247 e. The second-order valence-electron chi connectivity index (χ2n) is 5.30. The van der Waals surface area contributed by atoms with E-state index in [9.17, 15) is 9.90 Å². The Morgan fingerprint density at radius 2 is 2.05 bits per heavy atom. The van der Waals surface area contributed by atoms with Crippen molar-refractivity contribution in [2.45, 2.75) is 26.3 Å². The number of amides is 1. The highest BCUT2D eigenvalue weighted by atomic mass is 16.3. The van der Waals surface area contributed by atoms with Crippen LogP contribution in [-0.4, -0.2) is 48.7 Å². The van der Waals surface area contributed by atoms with Crippen LogP contribution in [0.15, 0.2) is 18.2 Å². The minimum Gasteiger partial charge on any atom is -0.394 e. The molecule has 1 aliphatic rings. The summed E-state index contributed by atoms with van der Waals surface area (Å²) in [5, 5.41) is 9.59. The highest BCUT2D eigenvalue weighted by Gasteiger charge is 2.31. The molecule has 0 saturated carbocycles. The van der Waals surface area contributed by atoms with Crippen molar-refractivity contribution in [1.29, 1.82) is 0 Å². The molecule has 4 heteroatoms. The lowest BCUT2D eigenvalue weighted by atomic mass is 10.1. The lowest BCUT2D eigenvalue weighted by molar-refractivity contribution is -0.131. The van der Waals surface area contributed by atoms with Crippen LogP contribution in [0.5, 0.6) is 0 Å². The van der Waals surface area contributed by atoms with Crippen LogP contribution in [-0.2, 0) is 4.79 Å². The number of benzene rings is 1. The summed E-state index contributed by atoms with van der Waals surface area (Å²) in [7, 11) is 1.80. The van der Waals surface area contributed by atoms with Crippen molar-refractivity contribution in [3.8, 4) is 0 Å². The summed E-state index contributed by atoms with van der Waals surface area (Å²) >= 11 is 0. The van der Waals surface area contributed by atoms with Gasteiger partial charge < -0.3 is 14.9 Å². The topological polar surface area (TPSA) is 43.8 Å². The van der Waals surface area contributed by atoms with Crippen molar-refractivity contribution in [1.82, 2.24) is 4.90 Å². The number of likely N-dealkylation sites (N-methyl/N-ethyl adjacent to an activating group) is 1. The lowest BCUT2D eigenvalue weighted by Gasteiger charge is -2.31. The maximum absolute atomic E-state index is 12.3. The van der Waals surface area contributed by atoms with Crippen LogP contribution in [0.4, 0.5) is 5.69 Å². The fraction of sp³-hybridized carbons (Fsp3) is 0.533. The number of carbonyl (C=O) groups excluding carboxylic acids is 1. The van der Waals surface area contributed by atoms with E-state index in [2.05, 4.69) is 26.0 Å². The number of aliphatic hydroxyl groups excluding tert-OH is 1. The number of hydrogen-bond acceptors (Lipinski definition) is 3. The van der Waals surface area contributed by atoms with Gasteiger partial charge in [0.2, 0.25) is 5.91 Å². The Balaban J connectivity index is 2.37. The number of hydrogen-bond donors (Lipinski definition) is 1. The number of aliphatic hydroxyl groups is 1. The van der Waals surface area contributed by atoms with Crippen LogP contribution in [0.2, 0.25) is 0 Å². The highest BCUT2D eigenvalue weighted by Crippen LogP contribution is 2.25. The molecule has 0 spiro atoms. The summed E-state index contributed by atoms with van der Waals surface area (Å²) in [6.07, 6.45) is 0.923. The second kappa shape index (κ2) is 5.61. The number of aryl methyl sites for hydroxylation is 2. The van der Waals surface area contributed by atoms with Crippen molar-refractivity contribution < 1.29 is 9.90 Å². The summed E-state index contributed by atoms with van der Waals surface area (Å²) in [4.78, 5) is 16.0. The molecule has 0 aromatic heterocycles. The fourth-order valence-electron chi connectivity index (χ4n) is 2.72. The van der Waals surface area contributed by atoms with Gasteiger partial charge in [-0.15, -0.1) is 0 Å². The Morgan fingerprint density at radius 1 is 1.32 bits per heavy atom. The van der Waals surface area contributed by atoms with Gasteiger partial charge in [0.25, 0.3) is 0 Å². The molecule has 0 bridgehead atoms.